The number of nitrogens with zero attached hydrogens (tertiary/aromatic N) is 2. The lowest BCUT2D eigenvalue weighted by molar-refractivity contribution is -0.120. The van der Waals surface area contributed by atoms with Gasteiger partial charge in [0.05, 0.1) is 11.1 Å². The fraction of sp³-hybridized carbons (Fsp3) is 0.167. The number of nitrogens with two attached hydrogens (primary N) is 1. The summed E-state index contributed by atoms with van der Waals surface area (Å²) >= 11 is 6.01. The van der Waals surface area contributed by atoms with Gasteiger partial charge in [0.25, 0.3) is 5.91 Å². The zero-order valence-electron chi connectivity index (χ0n) is 16.5. The van der Waals surface area contributed by atoms with Gasteiger partial charge in [-0.15, -0.1) is 0 Å². The van der Waals surface area contributed by atoms with Crippen LogP contribution in [-0.2, 0) is 11.2 Å². The van der Waals surface area contributed by atoms with Crippen molar-refractivity contribution in [2.75, 3.05) is 0 Å². The first kappa shape index (κ1) is 23.0. The third kappa shape index (κ3) is 5.12. The van der Waals surface area contributed by atoms with E-state index in [0.717, 1.165) is 11.1 Å². The highest BCUT2D eigenvalue weighted by Crippen LogP contribution is 2.22. The minimum atomic E-state index is -0.819. The maximum absolute atomic E-state index is 13.0. The number of carbonyl (C=O) groups is 2. The molecule has 2 aromatic carbocycles. The molecule has 7 nitrogen and oxygen atoms in total. The molecule has 0 unspecified atom stereocenters. The summed E-state index contributed by atoms with van der Waals surface area (Å²) in [5.41, 5.74) is 8.96. The van der Waals surface area contributed by atoms with Crippen LogP contribution in [0.5, 0.6) is 0 Å². The summed E-state index contributed by atoms with van der Waals surface area (Å²) in [5.74, 6) is -0.375. The third-order valence-corrected chi connectivity index (χ3v) is 5.21. The number of halogens is 1. The van der Waals surface area contributed by atoms with Gasteiger partial charge >= 0.3 is 0 Å². The number of para-hydroxylation sites is 1. The van der Waals surface area contributed by atoms with Crippen LogP contribution < -0.4 is 11.1 Å². The number of pyridine rings is 1. The van der Waals surface area contributed by atoms with E-state index in [2.05, 4.69) is 20.3 Å². The summed E-state index contributed by atoms with van der Waals surface area (Å²) in [6.45, 7) is 0. The Labute approximate surface area is 191 Å². The number of imidazole rings is 1. The Morgan fingerprint density at radius 2 is 1.84 bits per heavy atom. The van der Waals surface area contributed by atoms with Crippen molar-refractivity contribution >= 4 is 34.4 Å². The van der Waals surface area contributed by atoms with E-state index >= 15 is 0 Å². The summed E-state index contributed by atoms with van der Waals surface area (Å²) in [6, 6.07) is 15.5. The number of fused-ring (bicyclic) bond motifs is 1. The van der Waals surface area contributed by atoms with Crippen molar-refractivity contribution in [3.63, 3.8) is 0 Å². The summed E-state index contributed by atoms with van der Waals surface area (Å²) in [4.78, 5) is 36.7. The van der Waals surface area contributed by atoms with Gasteiger partial charge in [0.15, 0.2) is 0 Å². The van der Waals surface area contributed by atoms with E-state index in [1.807, 2.05) is 36.4 Å². The van der Waals surface area contributed by atoms with Crippen LogP contribution in [0.3, 0.4) is 0 Å². The van der Waals surface area contributed by atoms with Crippen molar-refractivity contribution in [2.45, 2.75) is 26.3 Å². The third-order valence-electron chi connectivity index (χ3n) is 4.97. The number of nitrogens with one attached hydrogen (secondary N) is 2. The van der Waals surface area contributed by atoms with Crippen LogP contribution in [0.15, 0.2) is 67.0 Å². The number of primary amides is 1. The Balaban J connectivity index is 0.00000289. The molecule has 0 saturated carbocycles. The summed E-state index contributed by atoms with van der Waals surface area (Å²) in [5, 5.41) is 3.37. The number of hydrogen-bond acceptors (Lipinski definition) is 4. The lowest BCUT2D eigenvalue weighted by atomic mass is 10.0. The van der Waals surface area contributed by atoms with Crippen LogP contribution in [-0.4, -0.2) is 32.8 Å². The van der Waals surface area contributed by atoms with Crippen LogP contribution >= 0.6 is 11.6 Å². The second kappa shape index (κ2) is 10.1. The number of hydrogen-bond donors (Lipinski definition) is 3. The Hall–Kier alpha value is -3.71. The highest BCUT2D eigenvalue weighted by atomic mass is 35.5. The maximum Gasteiger partial charge on any atom is 0.254 e. The highest BCUT2D eigenvalue weighted by Gasteiger charge is 2.21. The number of aromatic nitrogens is 3. The predicted octanol–water partition coefficient (Wildman–Crippen LogP) is 4.13. The van der Waals surface area contributed by atoms with Crippen molar-refractivity contribution < 1.29 is 9.59 Å². The molecule has 1 atom stereocenters. The zero-order chi connectivity index (χ0) is 21.8. The molecule has 0 aliphatic carbocycles. The van der Waals surface area contributed by atoms with Gasteiger partial charge in [0.2, 0.25) is 5.91 Å². The van der Waals surface area contributed by atoms with Crippen LogP contribution in [0.25, 0.3) is 22.4 Å². The van der Waals surface area contributed by atoms with E-state index in [1.165, 1.54) is 0 Å². The number of aryl methyl sites for hydroxylation is 1. The monoisotopic (exact) mass is 449 g/mol. The smallest absolute Gasteiger partial charge is 0.254 e. The lowest BCUT2D eigenvalue weighted by Crippen LogP contribution is -2.44. The Morgan fingerprint density at radius 1 is 1.09 bits per heavy atom. The molecular formula is C24H24ClN5O2. The minimum absolute atomic E-state index is 0. The molecule has 164 valence electrons. The highest BCUT2D eigenvalue weighted by molar-refractivity contribution is 6.30. The second-order valence-corrected chi connectivity index (χ2v) is 7.56. The molecule has 32 heavy (non-hydrogen) atoms. The van der Waals surface area contributed by atoms with Gasteiger partial charge in [-0.2, -0.15) is 0 Å². The van der Waals surface area contributed by atoms with Gasteiger partial charge in [-0.3, -0.25) is 14.6 Å². The number of benzene rings is 2. The van der Waals surface area contributed by atoms with Gasteiger partial charge < -0.3 is 16.0 Å². The van der Waals surface area contributed by atoms with Crippen molar-refractivity contribution in [3.8, 4) is 11.4 Å². The first-order chi connectivity index (χ1) is 15.0. The lowest BCUT2D eigenvalue weighted by Gasteiger charge is -2.16. The van der Waals surface area contributed by atoms with E-state index in [-0.39, 0.29) is 7.43 Å². The SMILES string of the molecule is C.NC(=O)[C@H](CCc1cccc(Cl)c1)NC(=O)c1cccc2[nH]c(-c3ccncc3)nc12. The molecule has 2 heterocycles. The molecule has 0 spiro atoms. The van der Waals surface area contributed by atoms with Crippen molar-refractivity contribution in [3.05, 3.63) is 83.1 Å². The van der Waals surface area contributed by atoms with Crippen molar-refractivity contribution in [1.82, 2.24) is 20.3 Å². The molecule has 4 N–H and O–H groups in total. The number of rotatable bonds is 7. The van der Waals surface area contributed by atoms with E-state index in [4.69, 9.17) is 17.3 Å². The molecule has 2 amide bonds. The first-order valence-corrected chi connectivity index (χ1v) is 10.1. The maximum atomic E-state index is 13.0. The van der Waals surface area contributed by atoms with Crippen LogP contribution in [0.1, 0.15) is 29.8 Å². The molecule has 0 bridgehead atoms. The van der Waals surface area contributed by atoms with Gasteiger partial charge in [0.1, 0.15) is 17.4 Å². The summed E-state index contributed by atoms with van der Waals surface area (Å²) in [7, 11) is 0. The predicted molar refractivity (Wildman–Crippen MR) is 126 cm³/mol. The molecule has 4 aromatic rings. The van der Waals surface area contributed by atoms with E-state index in [0.29, 0.717) is 40.3 Å². The zero-order valence-corrected chi connectivity index (χ0v) is 17.3. The fourth-order valence-electron chi connectivity index (χ4n) is 3.39. The van der Waals surface area contributed by atoms with Gasteiger partial charge in [0, 0.05) is 23.0 Å². The Morgan fingerprint density at radius 3 is 2.56 bits per heavy atom. The largest absolute Gasteiger partial charge is 0.368 e. The minimum Gasteiger partial charge on any atom is -0.368 e. The van der Waals surface area contributed by atoms with E-state index < -0.39 is 17.9 Å². The topological polar surface area (TPSA) is 114 Å². The average Bonchev–Trinajstić information content (AvgIpc) is 3.21. The standard InChI is InChI=1S/C23H20ClN5O2.CH4/c24-16-4-1-3-14(13-16)7-8-19(21(25)30)28-23(31)17-5-2-6-18-20(17)29-22(27-18)15-9-11-26-12-10-15;/h1-6,9-13,19H,7-8H2,(H2,25,30)(H,27,29)(H,28,31);1H4/t19-;/m0./s1. The summed E-state index contributed by atoms with van der Waals surface area (Å²) in [6.07, 6.45) is 4.26. The van der Waals surface area contributed by atoms with E-state index in [1.54, 1.807) is 30.6 Å². The van der Waals surface area contributed by atoms with Crippen LogP contribution in [0.2, 0.25) is 5.02 Å². The molecule has 8 heteroatoms. The summed E-state index contributed by atoms with van der Waals surface area (Å²) < 4.78 is 0. The van der Waals surface area contributed by atoms with Gasteiger partial charge in [-0.25, -0.2) is 4.98 Å². The number of H-pyrrole nitrogens is 1. The van der Waals surface area contributed by atoms with Crippen molar-refractivity contribution in [2.24, 2.45) is 5.73 Å². The average molecular weight is 450 g/mol. The van der Waals surface area contributed by atoms with Gasteiger partial charge in [-0.1, -0.05) is 37.2 Å². The molecule has 0 radical (unpaired) electrons. The Bertz CT molecular complexity index is 1240. The molecular weight excluding hydrogens is 426 g/mol. The number of aromatic amines is 1. The molecule has 4 rings (SSSR count). The molecule has 2 aromatic heterocycles. The van der Waals surface area contributed by atoms with Gasteiger partial charge in [-0.05, 0) is 54.8 Å². The number of amides is 2. The Kier molecular flexibility index (Phi) is 7.22. The normalized spacial score (nSPS) is 11.5. The molecule has 0 fully saturated rings. The van der Waals surface area contributed by atoms with Crippen LogP contribution in [0, 0.1) is 0 Å². The van der Waals surface area contributed by atoms with Crippen LogP contribution in [0.4, 0.5) is 0 Å². The second-order valence-electron chi connectivity index (χ2n) is 7.12. The molecule has 0 saturated heterocycles. The number of carbonyl (C=O) groups excluding carboxylic acids is 2. The van der Waals surface area contributed by atoms with Crippen molar-refractivity contribution in [1.29, 1.82) is 0 Å². The molecule has 0 aliphatic heterocycles. The molecule has 0 aliphatic rings. The van der Waals surface area contributed by atoms with E-state index in [9.17, 15) is 9.59 Å². The quantitative estimate of drug-likeness (QED) is 0.393. The first-order valence-electron chi connectivity index (χ1n) is 9.75. The fourth-order valence-corrected chi connectivity index (χ4v) is 3.60.